The van der Waals surface area contributed by atoms with Crippen molar-refractivity contribution in [2.24, 2.45) is 23.7 Å². The number of carbonyl (C=O) groups is 3. The highest BCUT2D eigenvalue weighted by molar-refractivity contribution is 5.96. The topological polar surface area (TPSA) is 95.9 Å². The van der Waals surface area contributed by atoms with Gasteiger partial charge in [0.15, 0.2) is 0 Å². The molecule has 7 heteroatoms. The molecule has 7 nitrogen and oxygen atoms in total. The Labute approximate surface area is 196 Å². The predicted octanol–water partition coefficient (Wildman–Crippen LogP) is 2.68. The smallest absolute Gasteiger partial charge is 0.310 e. The highest BCUT2D eigenvalue weighted by atomic mass is 16.5. The molecule has 0 aromatic heterocycles. The van der Waals surface area contributed by atoms with Crippen molar-refractivity contribution in [2.45, 2.75) is 58.7 Å². The second-order valence-electron chi connectivity index (χ2n) is 8.86. The molecule has 0 spiro atoms. The zero-order chi connectivity index (χ0) is 24.0. The van der Waals surface area contributed by atoms with Crippen LogP contribution >= 0.6 is 0 Å². The van der Waals surface area contributed by atoms with Crippen molar-refractivity contribution in [2.75, 3.05) is 13.2 Å². The second-order valence-corrected chi connectivity index (χ2v) is 8.86. The molecule has 1 aliphatic heterocycles. The minimum absolute atomic E-state index is 0.110. The molecule has 0 bridgehead atoms. The summed E-state index contributed by atoms with van der Waals surface area (Å²) < 4.78 is 5.37. The third kappa shape index (κ3) is 5.13. The summed E-state index contributed by atoms with van der Waals surface area (Å²) in [4.78, 5) is 41.7. The Morgan fingerprint density at radius 3 is 2.48 bits per heavy atom. The first kappa shape index (κ1) is 25.0. The van der Waals surface area contributed by atoms with Gasteiger partial charge in [0.1, 0.15) is 6.04 Å². The van der Waals surface area contributed by atoms with Gasteiger partial charge in [-0.3, -0.25) is 14.4 Å². The molecule has 1 aromatic carbocycles. The lowest BCUT2D eigenvalue weighted by Crippen LogP contribution is -2.52. The number of amides is 2. The minimum Gasteiger partial charge on any atom is -0.466 e. The number of hydrogen-bond donors (Lipinski definition) is 2. The first-order valence-corrected chi connectivity index (χ1v) is 12.1. The number of esters is 1. The minimum atomic E-state index is -0.779. The third-order valence-electron chi connectivity index (χ3n) is 6.88. The van der Waals surface area contributed by atoms with E-state index in [1.807, 2.05) is 56.3 Å². The van der Waals surface area contributed by atoms with Crippen molar-refractivity contribution >= 4 is 17.8 Å². The molecule has 1 fully saturated rings. The van der Waals surface area contributed by atoms with Crippen LogP contribution in [0.1, 0.15) is 45.6 Å². The lowest BCUT2D eigenvalue weighted by molar-refractivity contribution is -0.156. The van der Waals surface area contributed by atoms with Gasteiger partial charge in [0.2, 0.25) is 11.8 Å². The van der Waals surface area contributed by atoms with Crippen LogP contribution in [0.25, 0.3) is 0 Å². The van der Waals surface area contributed by atoms with E-state index in [4.69, 9.17) is 4.74 Å². The molecule has 1 aliphatic carbocycles. The fourth-order valence-corrected chi connectivity index (χ4v) is 5.31. The van der Waals surface area contributed by atoms with Gasteiger partial charge in [-0.05, 0) is 31.2 Å². The van der Waals surface area contributed by atoms with Gasteiger partial charge in [-0.2, -0.15) is 0 Å². The van der Waals surface area contributed by atoms with Crippen LogP contribution in [-0.2, 0) is 25.7 Å². The Kier molecular flexibility index (Phi) is 8.67. The Hall–Kier alpha value is -2.67. The average molecular weight is 457 g/mol. The van der Waals surface area contributed by atoms with E-state index in [1.54, 1.807) is 6.92 Å². The number of likely N-dealkylation sites (tertiary alicyclic amines) is 1. The van der Waals surface area contributed by atoms with Gasteiger partial charge < -0.3 is 20.1 Å². The summed E-state index contributed by atoms with van der Waals surface area (Å²) >= 11 is 0. The van der Waals surface area contributed by atoms with Crippen LogP contribution in [0.5, 0.6) is 0 Å². The standard InChI is InChI=1S/C26H36N2O5/c1-4-10-18-13-14-20-22(21(18)26(32)33-6-3)25(31)28(19(5-2)16-29)23(20)24(30)27-15-17-11-8-7-9-12-17/h7-9,11-14,18-23,29H,4-6,10,15-16H2,1-3H3,(H,27,30)/t18-,19+,20+,21-,22+,23+/m1/s1. The molecule has 0 saturated carbocycles. The highest BCUT2D eigenvalue weighted by Crippen LogP contribution is 2.46. The van der Waals surface area contributed by atoms with E-state index in [-0.39, 0.29) is 36.9 Å². The van der Waals surface area contributed by atoms with E-state index in [0.717, 1.165) is 18.4 Å². The molecule has 0 unspecified atom stereocenters. The number of rotatable bonds is 10. The molecule has 6 atom stereocenters. The van der Waals surface area contributed by atoms with Crippen molar-refractivity contribution in [3.05, 3.63) is 48.0 Å². The molecule has 1 aromatic rings. The largest absolute Gasteiger partial charge is 0.466 e. The molecular formula is C26H36N2O5. The number of benzene rings is 1. The van der Waals surface area contributed by atoms with Gasteiger partial charge in [0.05, 0.1) is 31.1 Å². The van der Waals surface area contributed by atoms with Crippen LogP contribution in [0.2, 0.25) is 0 Å². The maximum atomic E-state index is 13.8. The van der Waals surface area contributed by atoms with Crippen LogP contribution in [0.3, 0.4) is 0 Å². The van der Waals surface area contributed by atoms with Crippen molar-refractivity contribution in [3.8, 4) is 0 Å². The second kappa shape index (κ2) is 11.5. The summed E-state index contributed by atoms with van der Waals surface area (Å²) in [7, 11) is 0. The number of aliphatic hydroxyl groups excluding tert-OH is 1. The number of hydrogen-bond acceptors (Lipinski definition) is 5. The van der Waals surface area contributed by atoms with Crippen molar-refractivity contribution in [1.82, 2.24) is 10.2 Å². The van der Waals surface area contributed by atoms with E-state index in [9.17, 15) is 19.5 Å². The highest BCUT2D eigenvalue weighted by Gasteiger charge is 2.58. The zero-order valence-corrected chi connectivity index (χ0v) is 19.8. The molecule has 1 heterocycles. The summed E-state index contributed by atoms with van der Waals surface area (Å²) in [6, 6.07) is 8.31. The molecule has 3 rings (SSSR count). The van der Waals surface area contributed by atoms with Gasteiger partial charge in [0, 0.05) is 12.5 Å². The Morgan fingerprint density at radius 1 is 1.15 bits per heavy atom. The summed E-state index contributed by atoms with van der Waals surface area (Å²) in [5, 5.41) is 13.0. The van der Waals surface area contributed by atoms with Crippen molar-refractivity contribution in [3.63, 3.8) is 0 Å². The number of carbonyl (C=O) groups excluding carboxylic acids is 3. The number of ether oxygens (including phenoxy) is 1. The molecule has 2 aliphatic rings. The van der Waals surface area contributed by atoms with Gasteiger partial charge in [-0.15, -0.1) is 0 Å². The first-order chi connectivity index (χ1) is 16.0. The van der Waals surface area contributed by atoms with E-state index >= 15 is 0 Å². The van der Waals surface area contributed by atoms with Gasteiger partial charge in [0.25, 0.3) is 0 Å². The Morgan fingerprint density at radius 2 is 1.88 bits per heavy atom. The zero-order valence-electron chi connectivity index (χ0n) is 19.8. The number of allylic oxidation sites excluding steroid dienone is 1. The summed E-state index contributed by atoms with van der Waals surface area (Å²) in [5.74, 6) is -2.75. The molecule has 0 radical (unpaired) electrons. The summed E-state index contributed by atoms with van der Waals surface area (Å²) in [6.45, 7) is 6.02. The average Bonchev–Trinajstić information content (AvgIpc) is 3.12. The first-order valence-electron chi connectivity index (χ1n) is 12.1. The van der Waals surface area contributed by atoms with Crippen LogP contribution in [0, 0.1) is 23.7 Å². The fourth-order valence-electron chi connectivity index (χ4n) is 5.31. The number of aliphatic hydroxyl groups is 1. The maximum absolute atomic E-state index is 13.8. The van der Waals surface area contributed by atoms with E-state index in [1.165, 1.54) is 4.90 Å². The van der Waals surface area contributed by atoms with Crippen LogP contribution in [-0.4, -0.2) is 53.1 Å². The van der Waals surface area contributed by atoms with Crippen molar-refractivity contribution in [1.29, 1.82) is 0 Å². The molecule has 2 amide bonds. The molecule has 2 N–H and O–H groups in total. The quantitative estimate of drug-likeness (QED) is 0.417. The Balaban J connectivity index is 1.96. The van der Waals surface area contributed by atoms with Gasteiger partial charge >= 0.3 is 5.97 Å². The van der Waals surface area contributed by atoms with E-state index < -0.39 is 29.8 Å². The number of nitrogens with zero attached hydrogens (tertiary/aromatic N) is 1. The summed E-state index contributed by atoms with van der Waals surface area (Å²) in [6.07, 6.45) is 6.07. The molecular weight excluding hydrogens is 420 g/mol. The molecule has 180 valence electrons. The third-order valence-corrected chi connectivity index (χ3v) is 6.88. The molecule has 33 heavy (non-hydrogen) atoms. The lowest BCUT2D eigenvalue weighted by Gasteiger charge is -2.34. The maximum Gasteiger partial charge on any atom is 0.310 e. The van der Waals surface area contributed by atoms with Gasteiger partial charge in [-0.1, -0.05) is 62.8 Å². The SMILES string of the molecule is CCC[C@@H]1C=C[C@H]2[C@H](C(=O)N([C@@H](CC)CO)[C@@H]2C(=O)NCc2ccccc2)[C@@H]1C(=O)OCC. The number of fused-ring (bicyclic) bond motifs is 1. The van der Waals surface area contributed by atoms with Crippen LogP contribution in [0.15, 0.2) is 42.5 Å². The van der Waals surface area contributed by atoms with Gasteiger partial charge in [-0.25, -0.2) is 0 Å². The number of nitrogens with one attached hydrogen (secondary N) is 1. The predicted molar refractivity (Wildman–Crippen MR) is 125 cm³/mol. The fraction of sp³-hybridized carbons (Fsp3) is 0.577. The monoisotopic (exact) mass is 456 g/mol. The van der Waals surface area contributed by atoms with E-state index in [0.29, 0.717) is 13.0 Å². The Bertz CT molecular complexity index is 851. The van der Waals surface area contributed by atoms with E-state index in [2.05, 4.69) is 5.32 Å². The van der Waals surface area contributed by atoms with Crippen molar-refractivity contribution < 1.29 is 24.2 Å². The lowest BCUT2D eigenvalue weighted by atomic mass is 9.69. The van der Waals surface area contributed by atoms with Crippen LogP contribution in [0.4, 0.5) is 0 Å². The summed E-state index contributed by atoms with van der Waals surface area (Å²) in [5.41, 5.74) is 0.957. The normalized spacial score (nSPS) is 27.2. The van der Waals surface area contributed by atoms with Crippen LogP contribution < -0.4 is 5.32 Å². The molecule has 1 saturated heterocycles.